The summed E-state index contributed by atoms with van der Waals surface area (Å²) in [7, 11) is 3.84. The largest absolute Gasteiger partial charge is 1.00 e. The molecule has 2 rings (SSSR count). The average Bonchev–Trinajstić information content (AvgIpc) is 2.62. The number of nitrogens with zero attached hydrogens (tertiary/aromatic N) is 5. The Morgan fingerprint density at radius 1 is 1.32 bits per heavy atom. The number of anilines is 1. The molecule has 0 aliphatic carbocycles. The van der Waals surface area contributed by atoms with E-state index in [4.69, 9.17) is 17.1 Å². The highest BCUT2D eigenvalue weighted by Gasteiger charge is 2.40. The molecule has 1 saturated heterocycles. The maximum atomic E-state index is 12.4. The highest BCUT2D eigenvalue weighted by atomic mass is 79.9. The summed E-state index contributed by atoms with van der Waals surface area (Å²) in [6.45, 7) is 4.17. The first-order valence-electron chi connectivity index (χ1n) is 8.54. The van der Waals surface area contributed by atoms with E-state index in [9.17, 15) is 14.7 Å². The molecule has 0 bridgehead atoms. The molecule has 0 spiro atoms. The normalized spacial score (nSPS) is 18.2. The van der Waals surface area contributed by atoms with Crippen LogP contribution in [-0.2, 0) is 21.0 Å². The van der Waals surface area contributed by atoms with Crippen molar-refractivity contribution in [3.05, 3.63) is 24.5 Å². The lowest BCUT2D eigenvalue weighted by atomic mass is 10.2. The van der Waals surface area contributed by atoms with Crippen LogP contribution in [0.3, 0.4) is 0 Å². The van der Waals surface area contributed by atoms with E-state index >= 15 is 0 Å². The molecule has 9 nitrogen and oxygen atoms in total. The Bertz CT molecular complexity index is 756. The molecular formula is C17H24BrN5O4S. The minimum absolute atomic E-state index is 0. The van der Waals surface area contributed by atoms with Gasteiger partial charge in [0.15, 0.2) is 29.4 Å². The molecule has 1 aromatic rings. The number of carbonyl (C=O) groups is 2. The Kier molecular flexibility index (Phi) is 8.92. The molecule has 1 atom stereocenters. The first kappa shape index (κ1) is 23.9. The predicted octanol–water partition coefficient (Wildman–Crippen LogP) is -3.27. The smallest absolute Gasteiger partial charge is 0.399 e. The Hall–Kier alpha value is -2.11. The van der Waals surface area contributed by atoms with Crippen molar-refractivity contribution in [1.82, 2.24) is 9.80 Å². The van der Waals surface area contributed by atoms with Gasteiger partial charge in [-0.1, -0.05) is 5.16 Å². The van der Waals surface area contributed by atoms with Gasteiger partial charge in [-0.3, -0.25) is 9.69 Å². The minimum Gasteiger partial charge on any atom is -1.00 e. The van der Waals surface area contributed by atoms with Crippen LogP contribution in [-0.4, -0.2) is 71.0 Å². The summed E-state index contributed by atoms with van der Waals surface area (Å²) in [5.41, 5.74) is 0.722. The second-order valence-corrected chi connectivity index (χ2v) is 6.42. The third-order valence-corrected chi connectivity index (χ3v) is 4.54. The summed E-state index contributed by atoms with van der Waals surface area (Å²) >= 11 is 5.21. The lowest BCUT2D eigenvalue weighted by molar-refractivity contribution is -0.685. The average molecular weight is 474 g/mol. The summed E-state index contributed by atoms with van der Waals surface area (Å²) in [6.07, 6.45) is 2.12. The number of rotatable bonds is 6. The van der Waals surface area contributed by atoms with E-state index in [-0.39, 0.29) is 34.4 Å². The molecule has 1 fully saturated rings. The highest BCUT2D eigenvalue weighted by Crippen LogP contribution is 2.14. The van der Waals surface area contributed by atoms with Crippen molar-refractivity contribution in [3.63, 3.8) is 0 Å². The number of oxime groups is 1. The van der Waals surface area contributed by atoms with Crippen molar-refractivity contribution in [3.8, 4) is 0 Å². The number of carbonyl (C=O) groups excluding carboxylic acids is 2. The van der Waals surface area contributed by atoms with E-state index < -0.39 is 18.1 Å². The van der Waals surface area contributed by atoms with Crippen molar-refractivity contribution in [2.45, 2.75) is 26.6 Å². The third kappa shape index (κ3) is 5.24. The van der Waals surface area contributed by atoms with Crippen LogP contribution in [0, 0.1) is 0 Å². The van der Waals surface area contributed by atoms with Gasteiger partial charge in [-0.2, -0.15) is 4.57 Å². The summed E-state index contributed by atoms with van der Waals surface area (Å²) in [5, 5.41) is 14.2. The van der Waals surface area contributed by atoms with Crippen LogP contribution in [0.5, 0.6) is 0 Å². The van der Waals surface area contributed by atoms with Gasteiger partial charge in [0.05, 0.1) is 0 Å². The molecule has 1 aliphatic heterocycles. The second kappa shape index (κ2) is 10.4. The van der Waals surface area contributed by atoms with E-state index in [0.717, 1.165) is 5.69 Å². The summed E-state index contributed by atoms with van der Waals surface area (Å²) in [6, 6.07) is 3.71. The highest BCUT2D eigenvalue weighted by molar-refractivity contribution is 7.80. The lowest BCUT2D eigenvalue weighted by Crippen LogP contribution is -3.00. The zero-order valence-corrected chi connectivity index (χ0v) is 18.6. The standard InChI is InChI=1S/C17H24N5O4S.BrH/c1-5-21-15(24)14(16(25)22(6-2)17(21)27)18-26-13(23)11-20-9-7-12(8-10-20)19(3)4;/h7-10,15,24H,5-6,11H2,1-4H3;1H/q+1;/p-1/b18-14-;. The van der Waals surface area contributed by atoms with Gasteiger partial charge >= 0.3 is 5.97 Å². The Morgan fingerprint density at radius 2 is 1.93 bits per heavy atom. The van der Waals surface area contributed by atoms with Crippen molar-refractivity contribution >= 4 is 40.6 Å². The molecule has 154 valence electrons. The van der Waals surface area contributed by atoms with E-state index in [1.807, 2.05) is 31.1 Å². The topological polar surface area (TPSA) is 89.6 Å². The van der Waals surface area contributed by atoms with Crippen molar-refractivity contribution in [2.24, 2.45) is 5.16 Å². The number of aliphatic hydroxyl groups is 1. The SMILES string of the molecule is CCN1C(=O)/C(=N\OC(=O)C[n+]2ccc(N(C)C)cc2)C(O)N(CC)C1=S.[Br-]. The molecule has 1 unspecified atom stereocenters. The number of hydrogen-bond donors (Lipinski definition) is 1. The zero-order chi connectivity index (χ0) is 20.1. The second-order valence-electron chi connectivity index (χ2n) is 6.05. The van der Waals surface area contributed by atoms with Gasteiger partial charge in [-0.15, -0.1) is 0 Å². The predicted molar refractivity (Wildman–Crippen MR) is 103 cm³/mol. The molecule has 1 aliphatic rings. The van der Waals surface area contributed by atoms with Gasteiger partial charge in [-0.05, 0) is 26.1 Å². The van der Waals surface area contributed by atoms with Crippen LogP contribution in [0.25, 0.3) is 0 Å². The number of amides is 1. The minimum atomic E-state index is -1.35. The first-order valence-corrected chi connectivity index (χ1v) is 8.95. The molecule has 28 heavy (non-hydrogen) atoms. The van der Waals surface area contributed by atoms with E-state index in [1.165, 1.54) is 9.80 Å². The van der Waals surface area contributed by atoms with Gasteiger partial charge in [0, 0.05) is 45.0 Å². The van der Waals surface area contributed by atoms with Gasteiger partial charge in [0.25, 0.3) is 5.91 Å². The molecular weight excluding hydrogens is 450 g/mol. The maximum absolute atomic E-state index is 12.4. The quantitative estimate of drug-likeness (QED) is 0.200. The fourth-order valence-electron chi connectivity index (χ4n) is 2.55. The molecule has 1 aromatic heterocycles. The molecule has 11 heteroatoms. The molecule has 0 radical (unpaired) electrons. The number of thiocarbonyl (C=S) groups is 1. The van der Waals surface area contributed by atoms with Gasteiger partial charge in [0.2, 0.25) is 6.54 Å². The summed E-state index contributed by atoms with van der Waals surface area (Å²) < 4.78 is 1.63. The number of aliphatic hydroxyl groups excluding tert-OH is 1. The fourth-order valence-corrected chi connectivity index (χ4v) is 2.99. The van der Waals surface area contributed by atoms with Crippen LogP contribution in [0.15, 0.2) is 29.7 Å². The van der Waals surface area contributed by atoms with Crippen molar-refractivity contribution in [2.75, 3.05) is 32.1 Å². The van der Waals surface area contributed by atoms with Gasteiger partial charge in [0.1, 0.15) is 0 Å². The maximum Gasteiger partial charge on any atom is 0.399 e. The molecule has 0 saturated carbocycles. The Morgan fingerprint density at radius 3 is 2.43 bits per heavy atom. The van der Waals surface area contributed by atoms with Crippen LogP contribution in [0.2, 0.25) is 0 Å². The fraction of sp³-hybridized carbons (Fsp3) is 0.471. The Balaban J connectivity index is 0.00000392. The van der Waals surface area contributed by atoms with Crippen LogP contribution < -0.4 is 26.4 Å². The van der Waals surface area contributed by atoms with Crippen molar-refractivity contribution < 1.29 is 41.1 Å². The zero-order valence-electron chi connectivity index (χ0n) is 16.2. The molecule has 1 amide bonds. The number of pyridine rings is 1. The van der Waals surface area contributed by atoms with E-state index in [0.29, 0.717) is 13.1 Å². The molecule has 2 heterocycles. The van der Waals surface area contributed by atoms with Gasteiger partial charge in [-0.25, -0.2) is 4.79 Å². The van der Waals surface area contributed by atoms with E-state index in [2.05, 4.69) is 5.16 Å². The van der Waals surface area contributed by atoms with Crippen LogP contribution >= 0.6 is 12.2 Å². The summed E-state index contributed by atoms with van der Waals surface area (Å²) in [5.74, 6) is -1.24. The van der Waals surface area contributed by atoms with Crippen LogP contribution in [0.1, 0.15) is 13.8 Å². The number of aromatic nitrogens is 1. The van der Waals surface area contributed by atoms with E-state index in [1.54, 1.807) is 30.8 Å². The summed E-state index contributed by atoms with van der Waals surface area (Å²) in [4.78, 5) is 34.0. The first-order chi connectivity index (χ1) is 12.8. The molecule has 0 aromatic carbocycles. The van der Waals surface area contributed by atoms with Crippen LogP contribution in [0.4, 0.5) is 5.69 Å². The number of hydrogen-bond acceptors (Lipinski definition) is 7. The monoisotopic (exact) mass is 473 g/mol. The third-order valence-electron chi connectivity index (χ3n) is 4.09. The van der Waals surface area contributed by atoms with Gasteiger partial charge < -0.3 is 36.7 Å². The molecule has 1 N–H and O–H groups in total. The Labute approximate surface area is 179 Å². The lowest BCUT2D eigenvalue weighted by Gasteiger charge is -2.39. The number of halogens is 1. The van der Waals surface area contributed by atoms with Crippen molar-refractivity contribution in [1.29, 1.82) is 0 Å².